The molecule has 49 heavy (non-hydrogen) atoms. The van der Waals surface area contributed by atoms with E-state index >= 15 is 0 Å². The third kappa shape index (κ3) is 4.85. The normalized spacial score (nSPS) is 12.7. The summed E-state index contributed by atoms with van der Waals surface area (Å²) in [7, 11) is 0. The van der Waals surface area contributed by atoms with Crippen molar-refractivity contribution < 1.29 is 0 Å². The van der Waals surface area contributed by atoms with Crippen molar-refractivity contribution in [3.05, 3.63) is 205 Å². The quantitative estimate of drug-likeness (QED) is 0.184. The number of hydrogen-bond acceptors (Lipinski definition) is 4. The van der Waals surface area contributed by atoms with Crippen LogP contribution < -0.4 is 0 Å². The second-order valence-corrected chi connectivity index (χ2v) is 12.3. The Labute approximate surface area is 285 Å². The van der Waals surface area contributed by atoms with E-state index in [0.29, 0.717) is 17.5 Å². The molecule has 0 fully saturated rings. The highest BCUT2D eigenvalue weighted by molar-refractivity contribution is 5.87. The van der Waals surface area contributed by atoms with Crippen LogP contribution in [0.1, 0.15) is 22.3 Å². The van der Waals surface area contributed by atoms with Crippen molar-refractivity contribution in [1.29, 1.82) is 0 Å². The van der Waals surface area contributed by atoms with E-state index in [-0.39, 0.29) is 0 Å². The molecule has 230 valence electrons. The average molecular weight is 627 g/mol. The Hall–Kier alpha value is -6.52. The molecule has 0 spiro atoms. The molecule has 1 aliphatic carbocycles. The molecule has 0 saturated heterocycles. The van der Waals surface area contributed by atoms with Gasteiger partial charge in [-0.05, 0) is 68.8 Å². The van der Waals surface area contributed by atoms with E-state index < -0.39 is 5.41 Å². The largest absolute Gasteiger partial charge is 0.265 e. The number of aromatic nitrogens is 4. The molecule has 0 aliphatic heterocycles. The number of pyridine rings is 1. The summed E-state index contributed by atoms with van der Waals surface area (Å²) in [6, 6.07) is 59.7. The molecule has 2 heterocycles. The van der Waals surface area contributed by atoms with Crippen LogP contribution in [0.3, 0.4) is 0 Å². The van der Waals surface area contributed by atoms with E-state index in [4.69, 9.17) is 15.0 Å². The molecule has 0 amide bonds. The minimum absolute atomic E-state index is 0.580. The predicted octanol–water partition coefficient (Wildman–Crippen LogP) is 10.3. The van der Waals surface area contributed by atoms with E-state index in [1.54, 1.807) is 0 Å². The first-order valence-electron chi connectivity index (χ1n) is 16.5. The second kappa shape index (κ2) is 11.9. The zero-order valence-electron chi connectivity index (χ0n) is 26.6. The summed E-state index contributed by atoms with van der Waals surface area (Å²) in [5, 5.41) is 0. The first-order chi connectivity index (χ1) is 24.3. The minimum Gasteiger partial charge on any atom is -0.265 e. The van der Waals surface area contributed by atoms with Gasteiger partial charge < -0.3 is 0 Å². The fourth-order valence-electron chi connectivity index (χ4n) is 7.33. The molecule has 0 atom stereocenters. The second-order valence-electron chi connectivity index (χ2n) is 12.3. The van der Waals surface area contributed by atoms with Crippen molar-refractivity contribution in [2.24, 2.45) is 0 Å². The Morgan fingerprint density at radius 3 is 1.31 bits per heavy atom. The first kappa shape index (κ1) is 28.7. The van der Waals surface area contributed by atoms with Crippen LogP contribution in [0.25, 0.3) is 56.4 Å². The Bertz CT molecular complexity index is 2340. The number of hydrogen-bond donors (Lipinski definition) is 0. The van der Waals surface area contributed by atoms with Crippen LogP contribution >= 0.6 is 0 Å². The van der Waals surface area contributed by atoms with Gasteiger partial charge in [-0.3, -0.25) is 4.98 Å². The topological polar surface area (TPSA) is 51.6 Å². The van der Waals surface area contributed by atoms with Gasteiger partial charge in [-0.15, -0.1) is 0 Å². The molecule has 0 saturated carbocycles. The van der Waals surface area contributed by atoms with Gasteiger partial charge in [-0.1, -0.05) is 146 Å². The molecule has 0 radical (unpaired) electrons. The molecular weight excluding hydrogens is 597 g/mol. The number of rotatable bonds is 6. The van der Waals surface area contributed by atoms with E-state index in [1.165, 1.54) is 27.8 Å². The SMILES string of the molecule is c1ccc(-c2nc(-c3ccccc3)nc(-c3cccc(C4(c5cccc(-c6ccncc6)c5)c5ccccc5-c5ccccc54)c3)n2)cc1. The van der Waals surface area contributed by atoms with Gasteiger partial charge in [-0.25, -0.2) is 15.0 Å². The zero-order chi connectivity index (χ0) is 32.6. The van der Waals surface area contributed by atoms with E-state index in [9.17, 15) is 0 Å². The van der Waals surface area contributed by atoms with Crippen LogP contribution in [-0.4, -0.2) is 19.9 Å². The lowest BCUT2D eigenvalue weighted by Gasteiger charge is -2.34. The highest BCUT2D eigenvalue weighted by atomic mass is 15.0. The summed E-state index contributed by atoms with van der Waals surface area (Å²) in [4.78, 5) is 19.4. The summed E-state index contributed by atoms with van der Waals surface area (Å²) < 4.78 is 0. The molecule has 4 heteroatoms. The van der Waals surface area contributed by atoms with Gasteiger partial charge in [0.05, 0.1) is 5.41 Å². The molecular formula is C45H30N4. The van der Waals surface area contributed by atoms with Gasteiger partial charge in [-0.2, -0.15) is 0 Å². The Kier molecular flexibility index (Phi) is 6.98. The fraction of sp³-hybridized carbons (Fsp3) is 0.0222. The Balaban J connectivity index is 1.30. The fourth-order valence-corrected chi connectivity index (χ4v) is 7.33. The van der Waals surface area contributed by atoms with Crippen LogP contribution in [0.2, 0.25) is 0 Å². The van der Waals surface area contributed by atoms with Gasteiger partial charge in [0, 0.05) is 29.1 Å². The average Bonchev–Trinajstić information content (AvgIpc) is 3.50. The maximum absolute atomic E-state index is 5.08. The third-order valence-electron chi connectivity index (χ3n) is 9.51. The van der Waals surface area contributed by atoms with E-state index in [2.05, 4.69) is 114 Å². The van der Waals surface area contributed by atoms with Crippen molar-refractivity contribution in [3.8, 4) is 56.4 Å². The molecule has 4 nitrogen and oxygen atoms in total. The minimum atomic E-state index is -0.580. The molecule has 6 aromatic carbocycles. The van der Waals surface area contributed by atoms with Crippen LogP contribution in [0.15, 0.2) is 182 Å². The zero-order valence-corrected chi connectivity index (χ0v) is 26.6. The van der Waals surface area contributed by atoms with Crippen LogP contribution in [0.5, 0.6) is 0 Å². The number of fused-ring (bicyclic) bond motifs is 3. The Morgan fingerprint density at radius 1 is 0.327 bits per heavy atom. The lowest BCUT2D eigenvalue weighted by molar-refractivity contribution is 0.769. The van der Waals surface area contributed by atoms with Crippen molar-refractivity contribution in [2.45, 2.75) is 5.41 Å². The summed E-state index contributed by atoms with van der Waals surface area (Å²) >= 11 is 0. The van der Waals surface area contributed by atoms with Gasteiger partial charge in [0.15, 0.2) is 17.5 Å². The standard InChI is InChI=1S/C45H30N4/c1-3-13-32(14-4-1)42-47-43(33-15-5-2-6-16-33)49-44(48-42)35-18-12-20-37(30-35)45(36-19-11-17-34(29-36)31-25-27-46-28-26-31)40-23-9-7-21-38(40)39-22-8-10-24-41(39)45/h1-30H. The van der Waals surface area contributed by atoms with E-state index in [1.807, 2.05) is 73.1 Å². The van der Waals surface area contributed by atoms with Gasteiger partial charge in [0.2, 0.25) is 0 Å². The number of benzene rings is 6. The monoisotopic (exact) mass is 626 g/mol. The summed E-state index contributed by atoms with van der Waals surface area (Å²) in [5.74, 6) is 1.92. The van der Waals surface area contributed by atoms with Crippen LogP contribution in [0, 0.1) is 0 Å². The van der Waals surface area contributed by atoms with Crippen molar-refractivity contribution in [3.63, 3.8) is 0 Å². The van der Waals surface area contributed by atoms with Crippen molar-refractivity contribution in [1.82, 2.24) is 19.9 Å². The number of nitrogens with zero attached hydrogens (tertiary/aromatic N) is 4. The van der Waals surface area contributed by atoms with Gasteiger partial charge >= 0.3 is 0 Å². The highest BCUT2D eigenvalue weighted by Gasteiger charge is 2.46. The molecule has 0 bridgehead atoms. The molecule has 1 aliphatic rings. The lowest BCUT2D eigenvalue weighted by Crippen LogP contribution is -2.28. The molecule has 0 unspecified atom stereocenters. The van der Waals surface area contributed by atoms with Crippen molar-refractivity contribution >= 4 is 0 Å². The maximum atomic E-state index is 5.08. The molecule has 2 aromatic heterocycles. The lowest BCUT2D eigenvalue weighted by atomic mass is 9.67. The van der Waals surface area contributed by atoms with E-state index in [0.717, 1.165) is 33.4 Å². The summed E-state index contributed by atoms with van der Waals surface area (Å²) in [6.45, 7) is 0. The summed E-state index contributed by atoms with van der Waals surface area (Å²) in [6.07, 6.45) is 3.70. The highest BCUT2D eigenvalue weighted by Crippen LogP contribution is 2.56. The van der Waals surface area contributed by atoms with Gasteiger partial charge in [0.25, 0.3) is 0 Å². The molecule has 9 rings (SSSR count). The smallest absolute Gasteiger partial charge is 0.164 e. The van der Waals surface area contributed by atoms with Gasteiger partial charge in [0.1, 0.15) is 0 Å². The summed E-state index contributed by atoms with van der Waals surface area (Å²) in [5.41, 5.74) is 11.9. The molecule has 0 N–H and O–H groups in total. The Morgan fingerprint density at radius 2 is 0.755 bits per heavy atom. The van der Waals surface area contributed by atoms with Crippen molar-refractivity contribution in [2.75, 3.05) is 0 Å². The third-order valence-corrected chi connectivity index (χ3v) is 9.51. The van der Waals surface area contributed by atoms with Crippen LogP contribution in [0.4, 0.5) is 0 Å². The first-order valence-corrected chi connectivity index (χ1v) is 16.5. The van der Waals surface area contributed by atoms with Crippen LogP contribution in [-0.2, 0) is 5.41 Å². The maximum Gasteiger partial charge on any atom is 0.164 e. The molecule has 8 aromatic rings. The predicted molar refractivity (Wildman–Crippen MR) is 197 cm³/mol.